The van der Waals surface area contributed by atoms with E-state index >= 15 is 0 Å². The van der Waals surface area contributed by atoms with Gasteiger partial charge in [-0.3, -0.25) is 4.79 Å². The van der Waals surface area contributed by atoms with Crippen molar-refractivity contribution in [2.24, 2.45) is 0 Å². The zero-order valence-corrected chi connectivity index (χ0v) is 13.9. The summed E-state index contributed by atoms with van der Waals surface area (Å²) in [5, 5.41) is 11.9. The molecule has 0 saturated heterocycles. The van der Waals surface area contributed by atoms with Crippen molar-refractivity contribution in [3.63, 3.8) is 0 Å². The van der Waals surface area contributed by atoms with Gasteiger partial charge in [-0.05, 0) is 36.0 Å². The number of pyridine rings is 1. The van der Waals surface area contributed by atoms with Gasteiger partial charge >= 0.3 is 57.4 Å². The monoisotopic (exact) mass is 388 g/mol. The summed E-state index contributed by atoms with van der Waals surface area (Å²) in [6, 6.07) is 8.09. The maximum atomic E-state index is 12.1. The number of nitrogens with one attached hydrogen (secondary N) is 1. The van der Waals surface area contributed by atoms with Gasteiger partial charge in [0.25, 0.3) is 0 Å². The van der Waals surface area contributed by atoms with Gasteiger partial charge in [-0.25, -0.2) is 9.78 Å². The first kappa shape index (κ1) is 21.9. The second-order valence-corrected chi connectivity index (χ2v) is 5.60. The van der Waals surface area contributed by atoms with Crippen LogP contribution in [0.2, 0.25) is 0 Å². The Balaban J connectivity index is 0.00000312. The fraction of sp³-hybridized carbons (Fsp3) is 0.188. The Morgan fingerprint density at radius 2 is 2.00 bits per heavy atom. The summed E-state index contributed by atoms with van der Waals surface area (Å²) in [7, 11) is 3.07. The number of carbonyl (C=O) groups is 2. The van der Waals surface area contributed by atoms with Gasteiger partial charge in [0, 0.05) is 12.3 Å². The molecule has 0 bridgehead atoms. The fourth-order valence-corrected chi connectivity index (χ4v) is 2.64. The Bertz CT molecular complexity index is 757. The number of aromatic carboxylic acids is 1. The summed E-state index contributed by atoms with van der Waals surface area (Å²) >= 11 is 0.776. The summed E-state index contributed by atoms with van der Waals surface area (Å²) in [5.74, 6) is 0.0646. The SMILES string of the molecule is COc1ccc(OC)c(NCC(=O)Sc2ncccc2C(=O)O)c1.[KH]. The molecule has 7 nitrogen and oxygen atoms in total. The number of carbonyl (C=O) groups excluding carboxylic acids is 1. The molecule has 0 aliphatic carbocycles. The van der Waals surface area contributed by atoms with E-state index in [0.29, 0.717) is 17.2 Å². The van der Waals surface area contributed by atoms with Crippen molar-refractivity contribution in [3.05, 3.63) is 42.1 Å². The van der Waals surface area contributed by atoms with Crippen molar-refractivity contribution in [1.82, 2.24) is 4.98 Å². The number of rotatable bonds is 7. The number of aromatic nitrogens is 1. The van der Waals surface area contributed by atoms with E-state index in [9.17, 15) is 9.59 Å². The summed E-state index contributed by atoms with van der Waals surface area (Å²) < 4.78 is 10.4. The molecule has 0 atom stereocenters. The molecule has 0 unspecified atom stereocenters. The van der Waals surface area contributed by atoms with E-state index in [1.165, 1.54) is 25.4 Å². The quantitative estimate of drug-likeness (QED) is 0.548. The van der Waals surface area contributed by atoms with Crippen molar-refractivity contribution in [1.29, 1.82) is 0 Å². The number of carboxylic acid groups (broad SMARTS) is 1. The van der Waals surface area contributed by atoms with E-state index < -0.39 is 5.97 Å². The van der Waals surface area contributed by atoms with E-state index in [2.05, 4.69) is 10.3 Å². The molecular weight excluding hydrogens is 371 g/mol. The number of methoxy groups -OCH3 is 2. The molecule has 1 aromatic heterocycles. The molecule has 2 rings (SSSR count). The minimum absolute atomic E-state index is 0. The molecule has 0 radical (unpaired) electrons. The van der Waals surface area contributed by atoms with E-state index in [-0.39, 0.29) is 73.6 Å². The van der Waals surface area contributed by atoms with Crippen LogP contribution in [0.15, 0.2) is 41.6 Å². The number of ether oxygens (including phenoxy) is 2. The van der Waals surface area contributed by atoms with Gasteiger partial charge in [-0.15, -0.1) is 0 Å². The third-order valence-electron chi connectivity index (χ3n) is 3.04. The Kier molecular flexibility index (Phi) is 9.47. The molecule has 128 valence electrons. The molecule has 25 heavy (non-hydrogen) atoms. The van der Waals surface area contributed by atoms with Crippen LogP contribution < -0.4 is 14.8 Å². The van der Waals surface area contributed by atoms with E-state index in [1.807, 2.05) is 0 Å². The molecule has 0 fully saturated rings. The zero-order chi connectivity index (χ0) is 17.5. The number of benzene rings is 1. The van der Waals surface area contributed by atoms with Gasteiger partial charge in [-0.1, -0.05) is 0 Å². The average Bonchev–Trinajstić information content (AvgIpc) is 2.59. The van der Waals surface area contributed by atoms with Crippen LogP contribution in [0.25, 0.3) is 0 Å². The molecular formula is C16H17KN2O5S. The van der Waals surface area contributed by atoms with Crippen LogP contribution in [0.5, 0.6) is 11.5 Å². The third kappa shape index (κ3) is 6.28. The molecule has 2 N–H and O–H groups in total. The average molecular weight is 388 g/mol. The van der Waals surface area contributed by atoms with Crippen LogP contribution >= 0.6 is 11.8 Å². The van der Waals surface area contributed by atoms with Gasteiger partial charge in [0.1, 0.15) is 16.5 Å². The zero-order valence-electron chi connectivity index (χ0n) is 13.1. The molecule has 0 aliphatic rings. The van der Waals surface area contributed by atoms with Gasteiger partial charge in [-0.2, -0.15) is 0 Å². The Labute approximate surface area is 191 Å². The number of nitrogens with zero attached hydrogens (tertiary/aromatic N) is 1. The number of hydrogen-bond acceptors (Lipinski definition) is 7. The van der Waals surface area contributed by atoms with Crippen LogP contribution in [-0.4, -0.2) is 93.3 Å². The molecule has 1 heterocycles. The number of thioether (sulfide) groups is 1. The van der Waals surface area contributed by atoms with E-state index in [4.69, 9.17) is 14.6 Å². The summed E-state index contributed by atoms with van der Waals surface area (Å²) in [6.07, 6.45) is 1.45. The van der Waals surface area contributed by atoms with Crippen LogP contribution in [0.4, 0.5) is 5.69 Å². The standard InChI is InChI=1S/C16H16N2O5S.K.H/c1-22-10-5-6-13(23-2)12(8-10)18-9-14(19)24-15-11(16(20)21)4-3-7-17-15;;/h3-8,18H,9H2,1-2H3,(H,20,21);;. The van der Waals surface area contributed by atoms with Crippen molar-refractivity contribution in [2.45, 2.75) is 5.03 Å². The van der Waals surface area contributed by atoms with Crippen LogP contribution in [0, 0.1) is 0 Å². The summed E-state index contributed by atoms with van der Waals surface area (Å²) in [4.78, 5) is 27.2. The van der Waals surface area contributed by atoms with Crippen molar-refractivity contribution in [3.8, 4) is 11.5 Å². The Morgan fingerprint density at radius 1 is 1.24 bits per heavy atom. The minimum atomic E-state index is -1.12. The van der Waals surface area contributed by atoms with Crippen LogP contribution in [0.1, 0.15) is 10.4 Å². The molecule has 0 spiro atoms. The predicted molar refractivity (Wildman–Crippen MR) is 97.2 cm³/mol. The van der Waals surface area contributed by atoms with Gasteiger partial charge in [0.05, 0.1) is 32.0 Å². The Hall–Kier alpha value is -1.10. The molecule has 0 aliphatic heterocycles. The second kappa shape index (κ2) is 10.8. The first-order valence-corrected chi connectivity index (χ1v) is 7.71. The third-order valence-corrected chi connectivity index (χ3v) is 3.93. The van der Waals surface area contributed by atoms with Gasteiger partial charge in [0.15, 0.2) is 0 Å². The first-order chi connectivity index (χ1) is 11.5. The molecule has 0 saturated carbocycles. The van der Waals surface area contributed by atoms with Crippen LogP contribution in [0.3, 0.4) is 0 Å². The number of anilines is 1. The van der Waals surface area contributed by atoms with E-state index in [1.54, 1.807) is 25.3 Å². The summed E-state index contributed by atoms with van der Waals surface area (Å²) in [6.45, 7) is -0.0240. The number of carboxylic acids is 1. The van der Waals surface area contributed by atoms with Crippen LogP contribution in [-0.2, 0) is 4.79 Å². The Morgan fingerprint density at radius 3 is 2.64 bits per heavy atom. The van der Waals surface area contributed by atoms with Gasteiger partial charge < -0.3 is 19.9 Å². The van der Waals surface area contributed by atoms with E-state index in [0.717, 1.165) is 11.8 Å². The summed E-state index contributed by atoms with van der Waals surface area (Å²) in [5.41, 5.74) is 0.597. The van der Waals surface area contributed by atoms with Gasteiger partial charge in [0.2, 0.25) is 5.12 Å². The molecule has 1 aromatic carbocycles. The second-order valence-electron chi connectivity index (χ2n) is 4.56. The van der Waals surface area contributed by atoms with Crippen molar-refractivity contribution >= 4 is 79.9 Å². The maximum absolute atomic E-state index is 12.1. The molecule has 2 aromatic rings. The fourth-order valence-electron chi connectivity index (χ4n) is 1.90. The normalized spacial score (nSPS) is 9.68. The predicted octanol–water partition coefficient (Wildman–Crippen LogP) is 1.88. The number of hydrogen-bond donors (Lipinski definition) is 2. The van der Waals surface area contributed by atoms with Crippen molar-refractivity contribution < 1.29 is 24.2 Å². The molecule has 9 heteroatoms. The first-order valence-electron chi connectivity index (χ1n) is 6.90. The molecule has 0 amide bonds. The topological polar surface area (TPSA) is 97.8 Å². The van der Waals surface area contributed by atoms with Crippen molar-refractivity contribution in [2.75, 3.05) is 26.1 Å².